The molecule has 4 nitrogen and oxygen atoms in total. The molecule has 0 bridgehead atoms. The van der Waals surface area contributed by atoms with E-state index < -0.39 is 57.0 Å². The molecule has 0 saturated heterocycles. The number of ether oxygens (including phenoxy) is 1. The van der Waals surface area contributed by atoms with Gasteiger partial charge in [-0.15, -0.1) is 0 Å². The maximum Gasteiger partial charge on any atom is 0.433 e. The molecule has 0 aliphatic carbocycles. The first-order chi connectivity index (χ1) is 13.6. The van der Waals surface area contributed by atoms with Gasteiger partial charge in [-0.05, 0) is 19.1 Å². The highest BCUT2D eigenvalue weighted by molar-refractivity contribution is 9.10. The van der Waals surface area contributed by atoms with E-state index in [9.17, 15) is 39.5 Å². The van der Waals surface area contributed by atoms with Gasteiger partial charge in [0.05, 0.1) is 23.4 Å². The number of rotatable bonds is 3. The molecule has 0 atom stereocenters. The molecule has 166 valence electrons. The topological polar surface area (TPSA) is 39.4 Å². The van der Waals surface area contributed by atoms with E-state index in [1.54, 1.807) is 0 Å². The van der Waals surface area contributed by atoms with E-state index in [1.165, 1.54) is 6.92 Å². The third kappa shape index (κ3) is 5.26. The average molecular weight is 512 g/mol. The van der Waals surface area contributed by atoms with Crippen molar-refractivity contribution in [2.24, 2.45) is 12.0 Å². The van der Waals surface area contributed by atoms with Gasteiger partial charge in [-0.2, -0.15) is 39.5 Å². The van der Waals surface area contributed by atoms with Crippen molar-refractivity contribution < 1.29 is 44.3 Å². The third-order valence-electron chi connectivity index (χ3n) is 3.61. The molecule has 1 aromatic heterocycles. The fourth-order valence-corrected chi connectivity index (χ4v) is 2.83. The molecular formula is C16H11BrF9N3O. The van der Waals surface area contributed by atoms with Crippen molar-refractivity contribution in [2.45, 2.75) is 25.5 Å². The lowest BCUT2D eigenvalue weighted by atomic mass is 10.1. The van der Waals surface area contributed by atoms with Crippen LogP contribution in [0.3, 0.4) is 0 Å². The highest BCUT2D eigenvalue weighted by Crippen LogP contribution is 2.43. The van der Waals surface area contributed by atoms with Crippen LogP contribution in [0, 0.1) is 0 Å². The van der Waals surface area contributed by atoms with E-state index in [2.05, 4.69) is 25.9 Å². The van der Waals surface area contributed by atoms with Crippen molar-refractivity contribution in [3.8, 4) is 5.88 Å². The Kier molecular flexibility index (Phi) is 6.50. The zero-order valence-electron chi connectivity index (χ0n) is 15.0. The number of nitrogens with zero attached hydrogens (tertiary/aromatic N) is 3. The van der Waals surface area contributed by atoms with E-state index in [1.807, 2.05) is 0 Å². The van der Waals surface area contributed by atoms with Gasteiger partial charge in [-0.1, -0.05) is 15.9 Å². The van der Waals surface area contributed by atoms with Crippen molar-refractivity contribution in [2.75, 3.05) is 6.61 Å². The molecule has 0 radical (unpaired) electrons. The van der Waals surface area contributed by atoms with Crippen LogP contribution < -0.4 is 10.4 Å². The van der Waals surface area contributed by atoms with Crippen LogP contribution in [-0.2, 0) is 25.6 Å². The van der Waals surface area contributed by atoms with Gasteiger partial charge in [0, 0.05) is 17.6 Å². The molecule has 0 fully saturated rings. The second kappa shape index (κ2) is 8.12. The minimum Gasteiger partial charge on any atom is -0.479 e. The molecule has 0 saturated carbocycles. The summed E-state index contributed by atoms with van der Waals surface area (Å²) in [6.07, 6.45) is -15.2. The Bertz CT molecular complexity index is 1010. The maximum atomic E-state index is 13.3. The summed E-state index contributed by atoms with van der Waals surface area (Å²) in [5, 5.41) is 0. The number of hydrogen-bond acceptors (Lipinski definition) is 3. The van der Waals surface area contributed by atoms with Gasteiger partial charge in [0.25, 0.3) is 0 Å². The van der Waals surface area contributed by atoms with Gasteiger partial charge in [-0.25, -0.2) is 9.98 Å². The normalized spacial score (nSPS) is 13.7. The van der Waals surface area contributed by atoms with E-state index in [4.69, 9.17) is 4.74 Å². The molecule has 0 N–H and O–H groups in total. The van der Waals surface area contributed by atoms with Crippen LogP contribution in [0.4, 0.5) is 45.2 Å². The predicted molar refractivity (Wildman–Crippen MR) is 88.7 cm³/mol. The van der Waals surface area contributed by atoms with Gasteiger partial charge in [0.1, 0.15) is 0 Å². The second-order valence-corrected chi connectivity index (χ2v) is 6.58. The molecule has 0 amide bonds. The van der Waals surface area contributed by atoms with Gasteiger partial charge in [-0.3, -0.25) is 4.57 Å². The van der Waals surface area contributed by atoms with Crippen LogP contribution in [0.5, 0.6) is 5.88 Å². The minimum atomic E-state index is -5.14. The maximum absolute atomic E-state index is 13.3. The highest BCUT2D eigenvalue weighted by atomic mass is 79.9. The van der Waals surface area contributed by atoms with Crippen molar-refractivity contribution >= 4 is 21.6 Å². The molecule has 2 aromatic rings. The van der Waals surface area contributed by atoms with E-state index >= 15 is 0 Å². The summed E-state index contributed by atoms with van der Waals surface area (Å²) in [7, 11) is 1.09. The molecule has 1 aromatic carbocycles. The molecular weight excluding hydrogens is 501 g/mol. The van der Waals surface area contributed by atoms with E-state index in [0.29, 0.717) is 6.07 Å². The lowest BCUT2D eigenvalue weighted by Crippen LogP contribution is -2.27. The van der Waals surface area contributed by atoms with Crippen LogP contribution in [0.25, 0.3) is 0 Å². The van der Waals surface area contributed by atoms with E-state index in [0.717, 1.165) is 11.6 Å². The molecule has 14 heteroatoms. The summed E-state index contributed by atoms with van der Waals surface area (Å²) >= 11 is 2.43. The van der Waals surface area contributed by atoms with Crippen LogP contribution >= 0.6 is 15.9 Å². The summed E-state index contributed by atoms with van der Waals surface area (Å²) in [6, 6.07) is 0.726. The molecule has 30 heavy (non-hydrogen) atoms. The lowest BCUT2D eigenvalue weighted by molar-refractivity contribution is -0.141. The number of halogens is 10. The minimum absolute atomic E-state index is 0.0786. The first kappa shape index (κ1) is 24.0. The molecule has 0 unspecified atom stereocenters. The monoisotopic (exact) mass is 511 g/mol. The van der Waals surface area contributed by atoms with Crippen LogP contribution in [-0.4, -0.2) is 16.2 Å². The summed E-state index contributed by atoms with van der Waals surface area (Å²) in [6.45, 7) is 1.34. The standard InChI is InChI=1S/C16H11BrF9N3O/c1-3-30-12-6-11(16(24,25)26)28-13(29(12)2)27-10-5-7(14(18,19)20)9(17)4-8(10)15(21,22)23/h4-6H,3H2,1-2H3. The number of aromatic nitrogens is 2. The number of alkyl halides is 9. The highest BCUT2D eigenvalue weighted by Gasteiger charge is 2.39. The summed E-state index contributed by atoms with van der Waals surface area (Å²) in [4.78, 5) is 6.52. The summed E-state index contributed by atoms with van der Waals surface area (Å²) < 4.78 is 124. The average Bonchev–Trinajstić information content (AvgIpc) is 2.56. The molecule has 0 aliphatic heterocycles. The molecule has 0 spiro atoms. The fraction of sp³-hybridized carbons (Fsp3) is 0.375. The van der Waals surface area contributed by atoms with Crippen molar-refractivity contribution in [1.82, 2.24) is 9.55 Å². The third-order valence-corrected chi connectivity index (χ3v) is 4.27. The molecule has 0 aliphatic rings. The Morgan fingerprint density at radius 2 is 1.50 bits per heavy atom. The largest absolute Gasteiger partial charge is 0.479 e. The SMILES string of the molecule is CCOc1cc(C(F)(F)F)nc(=Nc2cc(C(F)(F)F)c(Br)cc2C(F)(F)F)n1C. The quantitative estimate of drug-likeness (QED) is 0.483. The zero-order valence-corrected chi connectivity index (χ0v) is 16.6. The van der Waals surface area contributed by atoms with Crippen LogP contribution in [0.1, 0.15) is 23.7 Å². The van der Waals surface area contributed by atoms with Crippen molar-refractivity contribution in [3.63, 3.8) is 0 Å². The Labute approximate surface area is 171 Å². The van der Waals surface area contributed by atoms with Crippen molar-refractivity contribution in [1.29, 1.82) is 0 Å². The first-order valence-corrected chi connectivity index (χ1v) is 8.65. The summed E-state index contributed by atoms with van der Waals surface area (Å²) in [5.41, 5.74) is -6.82. The van der Waals surface area contributed by atoms with Gasteiger partial charge in [0.2, 0.25) is 5.62 Å². The first-order valence-electron chi connectivity index (χ1n) is 7.86. The molecule has 1 heterocycles. The van der Waals surface area contributed by atoms with Crippen LogP contribution in [0.15, 0.2) is 27.7 Å². The van der Waals surface area contributed by atoms with Crippen LogP contribution in [0.2, 0.25) is 0 Å². The Morgan fingerprint density at radius 1 is 0.933 bits per heavy atom. The predicted octanol–water partition coefficient (Wildman–Crippen LogP) is 5.87. The van der Waals surface area contributed by atoms with Gasteiger partial charge >= 0.3 is 18.5 Å². The van der Waals surface area contributed by atoms with E-state index in [-0.39, 0.29) is 18.7 Å². The lowest BCUT2D eigenvalue weighted by Gasteiger charge is -2.16. The smallest absolute Gasteiger partial charge is 0.433 e. The summed E-state index contributed by atoms with van der Waals surface area (Å²) in [5.74, 6) is -0.444. The zero-order chi connectivity index (χ0) is 23.1. The van der Waals surface area contributed by atoms with Gasteiger partial charge in [0.15, 0.2) is 11.6 Å². The number of hydrogen-bond donors (Lipinski definition) is 0. The Hall–Kier alpha value is -2.25. The molecule has 2 rings (SSSR count). The van der Waals surface area contributed by atoms with Gasteiger partial charge < -0.3 is 4.74 Å². The Balaban J connectivity index is 2.92. The second-order valence-electron chi connectivity index (χ2n) is 5.73. The number of benzene rings is 1. The fourth-order valence-electron chi connectivity index (χ4n) is 2.27. The Morgan fingerprint density at radius 3 is 1.97 bits per heavy atom. The van der Waals surface area contributed by atoms with Crippen molar-refractivity contribution in [3.05, 3.63) is 45.1 Å².